The minimum atomic E-state index is -3.64. The van der Waals surface area contributed by atoms with Gasteiger partial charge in [0.1, 0.15) is 0 Å². The van der Waals surface area contributed by atoms with Crippen molar-refractivity contribution in [1.29, 1.82) is 0 Å². The van der Waals surface area contributed by atoms with E-state index < -0.39 is 10.0 Å². The van der Waals surface area contributed by atoms with Crippen molar-refractivity contribution in [3.05, 3.63) is 17.5 Å². The first-order valence-corrected chi connectivity index (χ1v) is 7.93. The molecule has 0 spiro atoms. The van der Waals surface area contributed by atoms with E-state index in [1.807, 2.05) is 0 Å². The van der Waals surface area contributed by atoms with E-state index in [4.69, 9.17) is 5.73 Å². The quantitative estimate of drug-likeness (QED) is 0.821. The van der Waals surface area contributed by atoms with Gasteiger partial charge in [0.05, 0.1) is 0 Å². The van der Waals surface area contributed by atoms with Crippen LogP contribution in [-0.4, -0.2) is 41.8 Å². The summed E-state index contributed by atoms with van der Waals surface area (Å²) < 4.78 is 26.7. The average molecular weight is 284 g/mol. The van der Waals surface area contributed by atoms with Crippen LogP contribution in [0.3, 0.4) is 0 Å². The van der Waals surface area contributed by atoms with E-state index in [1.54, 1.807) is 19.9 Å². The van der Waals surface area contributed by atoms with Gasteiger partial charge in [-0.2, -0.15) is 4.31 Å². The Labute approximate surface area is 114 Å². The van der Waals surface area contributed by atoms with Gasteiger partial charge in [0.15, 0.2) is 0 Å². The maximum absolute atomic E-state index is 12.6. The van der Waals surface area contributed by atoms with E-state index in [2.05, 4.69) is 9.97 Å². The highest BCUT2D eigenvalue weighted by molar-refractivity contribution is 7.89. The number of hydrogen-bond acceptors (Lipinski definition) is 5. The van der Waals surface area contributed by atoms with Crippen molar-refractivity contribution in [2.45, 2.75) is 44.3 Å². The standard InChI is InChI=1S/C12H20N4O2S/c1-9-7-10(2)15-12(14-9)19(17,18)16-6-4-3-5-11(16)8-13/h7,11H,3-6,8,13H2,1-2H3/t11-/m1/s1. The molecule has 0 bridgehead atoms. The lowest BCUT2D eigenvalue weighted by Crippen LogP contribution is -2.47. The van der Waals surface area contributed by atoms with Gasteiger partial charge in [0, 0.05) is 30.5 Å². The average Bonchev–Trinajstić information content (AvgIpc) is 2.37. The van der Waals surface area contributed by atoms with Gasteiger partial charge >= 0.3 is 0 Å². The fourth-order valence-electron chi connectivity index (χ4n) is 2.44. The number of aromatic nitrogens is 2. The third-order valence-corrected chi connectivity index (χ3v) is 5.09. The van der Waals surface area contributed by atoms with Gasteiger partial charge in [-0.1, -0.05) is 6.42 Å². The summed E-state index contributed by atoms with van der Waals surface area (Å²) in [4.78, 5) is 8.14. The summed E-state index contributed by atoms with van der Waals surface area (Å²) in [6.07, 6.45) is 2.68. The highest BCUT2D eigenvalue weighted by Gasteiger charge is 2.34. The molecule has 0 aromatic carbocycles. The maximum atomic E-state index is 12.6. The predicted molar refractivity (Wildman–Crippen MR) is 72.1 cm³/mol. The van der Waals surface area contributed by atoms with Crippen molar-refractivity contribution in [3.63, 3.8) is 0 Å². The summed E-state index contributed by atoms with van der Waals surface area (Å²) in [7, 11) is -3.64. The SMILES string of the molecule is Cc1cc(C)nc(S(=O)(=O)N2CCCC[C@@H]2CN)n1. The maximum Gasteiger partial charge on any atom is 0.279 e. The van der Waals surface area contributed by atoms with Gasteiger partial charge in [0.25, 0.3) is 15.2 Å². The van der Waals surface area contributed by atoms with E-state index in [0.29, 0.717) is 24.5 Å². The van der Waals surface area contributed by atoms with Crippen LogP contribution >= 0.6 is 0 Å². The number of rotatable bonds is 3. The van der Waals surface area contributed by atoms with Crippen LogP contribution in [0.1, 0.15) is 30.7 Å². The molecule has 0 unspecified atom stereocenters. The fraction of sp³-hybridized carbons (Fsp3) is 0.667. The minimum absolute atomic E-state index is 0.106. The van der Waals surface area contributed by atoms with Crippen molar-refractivity contribution in [3.8, 4) is 0 Å². The Morgan fingerprint density at radius 2 is 1.95 bits per heavy atom. The molecule has 7 heteroatoms. The molecule has 0 saturated carbocycles. The van der Waals surface area contributed by atoms with Crippen LogP contribution in [0.4, 0.5) is 0 Å². The van der Waals surface area contributed by atoms with E-state index in [1.165, 1.54) is 4.31 Å². The number of hydrogen-bond donors (Lipinski definition) is 1. The van der Waals surface area contributed by atoms with Crippen molar-refractivity contribution >= 4 is 10.0 Å². The van der Waals surface area contributed by atoms with Gasteiger partial charge in [-0.05, 0) is 32.8 Å². The Balaban J connectivity index is 2.40. The third kappa shape index (κ3) is 2.93. The van der Waals surface area contributed by atoms with Crippen LogP contribution in [0, 0.1) is 13.8 Å². The highest BCUT2D eigenvalue weighted by atomic mass is 32.2. The predicted octanol–water partition coefficient (Wildman–Crippen LogP) is 0.595. The zero-order valence-corrected chi connectivity index (χ0v) is 12.2. The number of aryl methyl sites for hydroxylation is 2. The lowest BCUT2D eigenvalue weighted by Gasteiger charge is -2.33. The molecule has 1 fully saturated rings. The topological polar surface area (TPSA) is 89.2 Å². The van der Waals surface area contributed by atoms with E-state index in [-0.39, 0.29) is 11.2 Å². The Morgan fingerprint density at radius 1 is 1.32 bits per heavy atom. The molecule has 1 aromatic heterocycles. The molecule has 2 rings (SSSR count). The first-order valence-electron chi connectivity index (χ1n) is 6.49. The second-order valence-corrected chi connectivity index (χ2v) is 6.72. The largest absolute Gasteiger partial charge is 0.329 e. The van der Waals surface area contributed by atoms with Crippen LogP contribution < -0.4 is 5.73 Å². The Hall–Kier alpha value is -1.05. The molecule has 0 aliphatic carbocycles. The molecule has 0 radical (unpaired) electrons. The van der Waals surface area contributed by atoms with Gasteiger partial charge in [-0.25, -0.2) is 18.4 Å². The van der Waals surface area contributed by atoms with Gasteiger partial charge < -0.3 is 5.73 Å². The number of piperidine rings is 1. The van der Waals surface area contributed by atoms with E-state index in [9.17, 15) is 8.42 Å². The first kappa shape index (κ1) is 14.4. The van der Waals surface area contributed by atoms with Crippen LogP contribution in [0.5, 0.6) is 0 Å². The Bertz CT molecular complexity index is 539. The van der Waals surface area contributed by atoms with Gasteiger partial charge in [-0.15, -0.1) is 0 Å². The van der Waals surface area contributed by atoms with Crippen LogP contribution in [-0.2, 0) is 10.0 Å². The fourth-order valence-corrected chi connectivity index (χ4v) is 4.12. The summed E-state index contributed by atoms with van der Waals surface area (Å²) in [5.41, 5.74) is 7.00. The monoisotopic (exact) mass is 284 g/mol. The lowest BCUT2D eigenvalue weighted by molar-refractivity contribution is 0.256. The molecule has 1 aromatic rings. The molecule has 106 valence electrons. The summed E-state index contributed by atoms with van der Waals surface area (Å²) in [5, 5.41) is -0.106. The van der Waals surface area contributed by atoms with Crippen molar-refractivity contribution in [2.75, 3.05) is 13.1 Å². The van der Waals surface area contributed by atoms with E-state index in [0.717, 1.165) is 19.3 Å². The third-order valence-electron chi connectivity index (χ3n) is 3.35. The van der Waals surface area contributed by atoms with Crippen LogP contribution in [0.2, 0.25) is 0 Å². The van der Waals surface area contributed by atoms with E-state index >= 15 is 0 Å². The molecule has 6 nitrogen and oxygen atoms in total. The number of nitrogens with two attached hydrogens (primary N) is 1. The van der Waals surface area contributed by atoms with Crippen molar-refractivity contribution < 1.29 is 8.42 Å². The molecule has 1 atom stereocenters. The minimum Gasteiger partial charge on any atom is -0.329 e. The van der Waals surface area contributed by atoms with Crippen molar-refractivity contribution in [2.24, 2.45) is 5.73 Å². The van der Waals surface area contributed by atoms with Crippen LogP contribution in [0.25, 0.3) is 0 Å². The Morgan fingerprint density at radius 3 is 2.53 bits per heavy atom. The van der Waals surface area contributed by atoms with Gasteiger partial charge in [0.2, 0.25) is 0 Å². The molecule has 19 heavy (non-hydrogen) atoms. The summed E-state index contributed by atoms with van der Waals surface area (Å²) in [5.74, 6) is 0. The molecular formula is C12H20N4O2S. The number of nitrogens with zero attached hydrogens (tertiary/aromatic N) is 3. The second-order valence-electron chi connectivity index (χ2n) is 4.93. The summed E-state index contributed by atoms with van der Waals surface area (Å²) in [6.45, 7) is 4.37. The Kier molecular flexibility index (Phi) is 4.17. The summed E-state index contributed by atoms with van der Waals surface area (Å²) in [6, 6.07) is 1.62. The molecule has 1 saturated heterocycles. The smallest absolute Gasteiger partial charge is 0.279 e. The molecule has 2 heterocycles. The number of sulfonamides is 1. The normalized spacial score (nSPS) is 21.5. The molecule has 1 aliphatic heterocycles. The molecule has 2 N–H and O–H groups in total. The molecular weight excluding hydrogens is 264 g/mol. The van der Waals surface area contributed by atoms with Crippen molar-refractivity contribution in [1.82, 2.24) is 14.3 Å². The zero-order chi connectivity index (χ0) is 14.0. The molecule has 0 amide bonds. The first-order chi connectivity index (χ1) is 8.95. The lowest BCUT2D eigenvalue weighted by atomic mass is 10.1. The second kappa shape index (κ2) is 5.52. The zero-order valence-electron chi connectivity index (χ0n) is 11.3. The van der Waals surface area contributed by atoms with Crippen LogP contribution in [0.15, 0.2) is 11.2 Å². The molecule has 1 aliphatic rings. The van der Waals surface area contributed by atoms with Gasteiger partial charge in [-0.3, -0.25) is 0 Å². The summed E-state index contributed by atoms with van der Waals surface area (Å²) >= 11 is 0. The highest BCUT2D eigenvalue weighted by Crippen LogP contribution is 2.23.